The molecule has 3 nitrogen and oxygen atoms in total. The van der Waals surface area contributed by atoms with Crippen molar-refractivity contribution in [2.24, 2.45) is 0 Å². The SMILES string of the molecule is N#Cc1cc(C(=N)c2ccccc2-c2ccccc2)cc(-n2c3ccccc3c3ccccc32)c1. The maximum absolute atomic E-state index is 9.87. The molecule has 0 atom stereocenters. The van der Waals surface area contributed by atoms with Crippen LogP contribution < -0.4 is 0 Å². The second-order valence-corrected chi connectivity index (χ2v) is 8.54. The maximum Gasteiger partial charge on any atom is 0.0992 e. The normalized spacial score (nSPS) is 10.9. The van der Waals surface area contributed by atoms with Gasteiger partial charge in [-0.2, -0.15) is 5.26 Å². The number of nitrogens with zero attached hydrogens (tertiary/aromatic N) is 2. The lowest BCUT2D eigenvalue weighted by atomic mass is 9.92. The van der Waals surface area contributed by atoms with E-state index in [0.29, 0.717) is 16.8 Å². The Balaban J connectivity index is 1.57. The van der Waals surface area contributed by atoms with Crippen LogP contribution in [-0.2, 0) is 0 Å². The lowest BCUT2D eigenvalue weighted by Crippen LogP contribution is -2.06. The molecule has 6 aromatic rings. The fourth-order valence-electron chi connectivity index (χ4n) is 4.88. The topological polar surface area (TPSA) is 52.6 Å². The van der Waals surface area contributed by atoms with Crippen LogP contribution in [0.25, 0.3) is 38.6 Å². The van der Waals surface area contributed by atoms with Crippen LogP contribution in [0, 0.1) is 16.7 Å². The molecule has 0 amide bonds. The number of aromatic nitrogens is 1. The van der Waals surface area contributed by atoms with Gasteiger partial charge in [-0.25, -0.2) is 0 Å². The molecule has 1 aromatic heterocycles. The van der Waals surface area contributed by atoms with Crippen molar-refractivity contribution in [1.82, 2.24) is 4.57 Å². The third-order valence-corrected chi connectivity index (χ3v) is 6.46. The Morgan fingerprint density at radius 3 is 1.94 bits per heavy atom. The van der Waals surface area contributed by atoms with Crippen molar-refractivity contribution < 1.29 is 0 Å². The summed E-state index contributed by atoms with van der Waals surface area (Å²) in [5.74, 6) is 0. The number of benzene rings is 5. The van der Waals surface area contributed by atoms with Gasteiger partial charge in [-0.15, -0.1) is 0 Å². The molecule has 0 aliphatic heterocycles. The second-order valence-electron chi connectivity index (χ2n) is 8.54. The van der Waals surface area contributed by atoms with Gasteiger partial charge in [0, 0.05) is 27.6 Å². The van der Waals surface area contributed by atoms with Crippen molar-refractivity contribution in [3.05, 3.63) is 138 Å². The quantitative estimate of drug-likeness (QED) is 0.276. The number of fused-ring (bicyclic) bond motifs is 3. The predicted octanol–water partition coefficient (Wildman–Crippen LogP) is 7.74. The zero-order valence-corrected chi connectivity index (χ0v) is 18.9. The third kappa shape index (κ3) is 3.49. The summed E-state index contributed by atoms with van der Waals surface area (Å²) in [5.41, 5.74) is 7.55. The van der Waals surface area contributed by atoms with Crippen LogP contribution in [0.5, 0.6) is 0 Å². The van der Waals surface area contributed by atoms with Gasteiger partial charge < -0.3 is 4.57 Å². The van der Waals surface area contributed by atoms with Crippen molar-refractivity contribution in [1.29, 1.82) is 10.7 Å². The summed E-state index contributed by atoms with van der Waals surface area (Å²) < 4.78 is 2.19. The molecule has 0 bridgehead atoms. The van der Waals surface area contributed by atoms with Crippen LogP contribution in [0.4, 0.5) is 0 Å². The summed E-state index contributed by atoms with van der Waals surface area (Å²) in [6.07, 6.45) is 0. The van der Waals surface area contributed by atoms with Gasteiger partial charge >= 0.3 is 0 Å². The Bertz CT molecular complexity index is 1720. The molecule has 0 saturated heterocycles. The standard InChI is InChI=1S/C32H21N3/c33-21-22-18-24(32(34)29-15-5-4-12-26(29)23-10-2-1-3-11-23)20-25(19-22)35-30-16-8-6-13-27(30)28-14-7-9-17-31(28)35/h1-20,34H. The molecule has 35 heavy (non-hydrogen) atoms. The van der Waals surface area contributed by atoms with Crippen molar-refractivity contribution in [3.8, 4) is 22.9 Å². The average Bonchev–Trinajstić information content (AvgIpc) is 3.27. The van der Waals surface area contributed by atoms with Gasteiger partial charge in [-0.1, -0.05) is 91.0 Å². The van der Waals surface area contributed by atoms with E-state index in [2.05, 4.69) is 47.0 Å². The van der Waals surface area contributed by atoms with Crippen molar-refractivity contribution in [3.63, 3.8) is 0 Å². The molecule has 5 aromatic carbocycles. The molecular weight excluding hydrogens is 426 g/mol. The van der Waals surface area contributed by atoms with E-state index in [1.807, 2.05) is 84.9 Å². The highest BCUT2D eigenvalue weighted by atomic mass is 15.0. The van der Waals surface area contributed by atoms with Crippen LogP contribution in [0.2, 0.25) is 0 Å². The largest absolute Gasteiger partial charge is 0.309 e. The first-order valence-corrected chi connectivity index (χ1v) is 11.5. The van der Waals surface area contributed by atoms with E-state index >= 15 is 0 Å². The van der Waals surface area contributed by atoms with Gasteiger partial charge in [0.1, 0.15) is 0 Å². The Hall–Kier alpha value is -4.94. The van der Waals surface area contributed by atoms with Crippen LogP contribution in [0.3, 0.4) is 0 Å². The molecule has 0 aliphatic rings. The third-order valence-electron chi connectivity index (χ3n) is 6.46. The van der Waals surface area contributed by atoms with Crippen LogP contribution in [0.1, 0.15) is 16.7 Å². The van der Waals surface area contributed by atoms with E-state index in [1.165, 1.54) is 0 Å². The van der Waals surface area contributed by atoms with Crippen LogP contribution in [-0.4, -0.2) is 10.3 Å². The van der Waals surface area contributed by atoms with Gasteiger partial charge in [-0.05, 0) is 41.5 Å². The molecule has 1 N–H and O–H groups in total. The Morgan fingerprint density at radius 2 is 1.26 bits per heavy atom. The Morgan fingerprint density at radius 1 is 0.657 bits per heavy atom. The number of nitriles is 1. The number of para-hydroxylation sites is 2. The zero-order valence-electron chi connectivity index (χ0n) is 18.9. The number of hydrogen-bond donors (Lipinski definition) is 1. The second kappa shape index (κ2) is 8.44. The van der Waals surface area contributed by atoms with Gasteiger partial charge in [-0.3, -0.25) is 5.41 Å². The van der Waals surface area contributed by atoms with Crippen molar-refractivity contribution >= 4 is 27.5 Å². The molecule has 0 fully saturated rings. The number of hydrogen-bond acceptors (Lipinski definition) is 2. The lowest BCUT2D eigenvalue weighted by molar-refractivity contribution is 1.17. The minimum atomic E-state index is 0.392. The van der Waals surface area contributed by atoms with E-state index in [0.717, 1.165) is 44.2 Å². The highest BCUT2D eigenvalue weighted by Gasteiger charge is 2.16. The molecule has 6 rings (SSSR count). The van der Waals surface area contributed by atoms with Gasteiger partial charge in [0.05, 0.1) is 28.4 Å². The van der Waals surface area contributed by atoms with Gasteiger partial charge in [0.2, 0.25) is 0 Å². The minimum absolute atomic E-state index is 0.392. The fourth-order valence-corrected chi connectivity index (χ4v) is 4.88. The molecule has 164 valence electrons. The first-order valence-electron chi connectivity index (χ1n) is 11.5. The average molecular weight is 448 g/mol. The van der Waals surface area contributed by atoms with E-state index < -0.39 is 0 Å². The van der Waals surface area contributed by atoms with Crippen LogP contribution >= 0.6 is 0 Å². The summed E-state index contributed by atoms with van der Waals surface area (Å²) in [4.78, 5) is 0. The fraction of sp³-hybridized carbons (Fsp3) is 0. The van der Waals surface area contributed by atoms with Crippen molar-refractivity contribution in [2.75, 3.05) is 0 Å². The van der Waals surface area contributed by atoms with E-state index in [1.54, 1.807) is 0 Å². The summed E-state index contributed by atoms with van der Waals surface area (Å²) in [5, 5.41) is 21.4. The Kier molecular flexibility index (Phi) is 4.98. The number of rotatable bonds is 4. The Labute approximate surface area is 203 Å². The summed E-state index contributed by atoms with van der Waals surface area (Å²) in [6, 6.07) is 42.7. The molecule has 0 aliphatic carbocycles. The summed E-state index contributed by atoms with van der Waals surface area (Å²) >= 11 is 0. The summed E-state index contributed by atoms with van der Waals surface area (Å²) in [7, 11) is 0. The first-order chi connectivity index (χ1) is 17.2. The lowest BCUT2D eigenvalue weighted by Gasteiger charge is -2.14. The first kappa shape index (κ1) is 20.7. The minimum Gasteiger partial charge on any atom is -0.309 e. The molecule has 0 radical (unpaired) electrons. The highest BCUT2D eigenvalue weighted by Crippen LogP contribution is 2.33. The predicted molar refractivity (Wildman–Crippen MR) is 143 cm³/mol. The van der Waals surface area contributed by atoms with Crippen LogP contribution in [0.15, 0.2) is 121 Å². The van der Waals surface area contributed by atoms with Crippen molar-refractivity contribution in [2.45, 2.75) is 0 Å². The molecular formula is C32H21N3. The molecule has 3 heteroatoms. The zero-order chi connectivity index (χ0) is 23.8. The molecule has 1 heterocycles. The molecule has 0 unspecified atom stereocenters. The van der Waals surface area contributed by atoms with E-state index in [4.69, 9.17) is 5.41 Å². The molecule has 0 saturated carbocycles. The maximum atomic E-state index is 9.87. The van der Waals surface area contributed by atoms with E-state index in [9.17, 15) is 5.26 Å². The van der Waals surface area contributed by atoms with Gasteiger partial charge in [0.25, 0.3) is 0 Å². The highest BCUT2D eigenvalue weighted by molar-refractivity contribution is 6.15. The number of nitrogens with one attached hydrogen (secondary N) is 1. The smallest absolute Gasteiger partial charge is 0.0992 e. The van der Waals surface area contributed by atoms with E-state index in [-0.39, 0.29) is 0 Å². The molecule has 0 spiro atoms. The monoisotopic (exact) mass is 447 g/mol. The summed E-state index contributed by atoms with van der Waals surface area (Å²) in [6.45, 7) is 0. The van der Waals surface area contributed by atoms with Gasteiger partial charge in [0.15, 0.2) is 0 Å².